The fraction of sp³-hybridized carbons (Fsp3) is 0.500. The van der Waals surface area contributed by atoms with Crippen LogP contribution in [0.3, 0.4) is 0 Å². The number of likely N-dealkylation sites (N-methyl/N-ethyl adjacent to an activating group) is 1. The number of methoxy groups -OCH3 is 3. The van der Waals surface area contributed by atoms with Gasteiger partial charge in [0.15, 0.2) is 11.5 Å². The van der Waals surface area contributed by atoms with Crippen molar-refractivity contribution in [3.8, 4) is 17.2 Å². The molecular formula is C14H23ClN2O4. The van der Waals surface area contributed by atoms with Gasteiger partial charge in [-0.15, -0.1) is 12.4 Å². The van der Waals surface area contributed by atoms with Crippen molar-refractivity contribution < 1.29 is 19.0 Å². The van der Waals surface area contributed by atoms with Crippen LogP contribution in [0.25, 0.3) is 0 Å². The summed E-state index contributed by atoms with van der Waals surface area (Å²) in [6.07, 6.45) is 0. The highest BCUT2D eigenvalue weighted by Gasteiger charge is 2.20. The van der Waals surface area contributed by atoms with Gasteiger partial charge in [-0.1, -0.05) is 6.92 Å². The zero-order chi connectivity index (χ0) is 15.0. The number of nitrogens with one attached hydrogen (secondary N) is 2. The van der Waals surface area contributed by atoms with Crippen LogP contribution in [0.5, 0.6) is 17.2 Å². The van der Waals surface area contributed by atoms with Gasteiger partial charge in [0.1, 0.15) is 0 Å². The Hall–Kier alpha value is -1.66. The summed E-state index contributed by atoms with van der Waals surface area (Å²) in [4.78, 5) is 12.1. The molecule has 0 fully saturated rings. The lowest BCUT2D eigenvalue weighted by atomic mass is 10.1. The van der Waals surface area contributed by atoms with Crippen molar-refractivity contribution in [1.29, 1.82) is 0 Å². The topological polar surface area (TPSA) is 68.8 Å². The first kappa shape index (κ1) is 19.3. The average Bonchev–Trinajstić information content (AvgIpc) is 2.49. The Balaban J connectivity index is 0.00000400. The molecule has 0 aromatic heterocycles. The third-order valence-electron chi connectivity index (χ3n) is 2.79. The highest BCUT2D eigenvalue weighted by atomic mass is 35.5. The zero-order valence-corrected chi connectivity index (χ0v) is 13.6. The summed E-state index contributed by atoms with van der Waals surface area (Å²) in [6.45, 7) is 4.15. The van der Waals surface area contributed by atoms with Crippen LogP contribution < -0.4 is 24.8 Å². The second-order valence-electron chi connectivity index (χ2n) is 3.99. The summed E-state index contributed by atoms with van der Waals surface area (Å²) in [7, 11) is 4.54. The van der Waals surface area contributed by atoms with Crippen LogP contribution in [0.4, 0.5) is 0 Å². The molecule has 1 aromatic carbocycles. The quantitative estimate of drug-likeness (QED) is 0.711. The van der Waals surface area contributed by atoms with E-state index in [1.165, 1.54) is 21.3 Å². The van der Waals surface area contributed by atoms with Crippen LogP contribution in [0.15, 0.2) is 12.1 Å². The monoisotopic (exact) mass is 318 g/mol. The van der Waals surface area contributed by atoms with E-state index < -0.39 is 0 Å². The number of rotatable bonds is 8. The maximum atomic E-state index is 12.1. The number of carbonyl (C=O) groups excluding carboxylic acids is 1. The van der Waals surface area contributed by atoms with Crippen molar-refractivity contribution in [2.24, 2.45) is 0 Å². The van der Waals surface area contributed by atoms with E-state index in [-0.39, 0.29) is 18.3 Å². The maximum absolute atomic E-state index is 12.1. The third-order valence-corrected chi connectivity index (χ3v) is 2.79. The summed E-state index contributed by atoms with van der Waals surface area (Å²) in [5.41, 5.74) is 0.418. The van der Waals surface area contributed by atoms with Gasteiger partial charge in [-0.3, -0.25) is 4.79 Å². The molecule has 21 heavy (non-hydrogen) atoms. The molecule has 1 aromatic rings. The molecule has 0 heterocycles. The first-order valence-electron chi connectivity index (χ1n) is 6.47. The SMILES string of the molecule is CCNCCNC(=O)c1ccc(OC)c(OC)c1OC.Cl. The molecule has 0 radical (unpaired) electrons. The van der Waals surface area contributed by atoms with Crippen molar-refractivity contribution in [1.82, 2.24) is 10.6 Å². The second-order valence-corrected chi connectivity index (χ2v) is 3.99. The number of ether oxygens (including phenoxy) is 3. The van der Waals surface area contributed by atoms with Crippen molar-refractivity contribution in [3.05, 3.63) is 17.7 Å². The van der Waals surface area contributed by atoms with E-state index in [4.69, 9.17) is 14.2 Å². The lowest BCUT2D eigenvalue weighted by Crippen LogP contribution is -2.32. The number of halogens is 1. The van der Waals surface area contributed by atoms with Gasteiger partial charge >= 0.3 is 0 Å². The van der Waals surface area contributed by atoms with Crippen LogP contribution in [0.2, 0.25) is 0 Å². The van der Waals surface area contributed by atoms with Crippen LogP contribution in [0.1, 0.15) is 17.3 Å². The van der Waals surface area contributed by atoms with Gasteiger partial charge in [-0.05, 0) is 18.7 Å². The number of amides is 1. The first-order valence-corrected chi connectivity index (χ1v) is 6.47. The summed E-state index contributed by atoms with van der Waals surface area (Å²) in [6, 6.07) is 3.34. The average molecular weight is 319 g/mol. The summed E-state index contributed by atoms with van der Waals surface area (Å²) >= 11 is 0. The molecule has 0 aliphatic heterocycles. The summed E-state index contributed by atoms with van der Waals surface area (Å²) in [5, 5.41) is 5.95. The molecule has 0 spiro atoms. The van der Waals surface area contributed by atoms with Gasteiger partial charge < -0.3 is 24.8 Å². The molecule has 1 amide bonds. The molecule has 7 heteroatoms. The van der Waals surface area contributed by atoms with E-state index >= 15 is 0 Å². The number of benzene rings is 1. The second kappa shape index (κ2) is 10.1. The van der Waals surface area contributed by atoms with Crippen molar-refractivity contribution in [2.45, 2.75) is 6.92 Å². The van der Waals surface area contributed by atoms with Gasteiger partial charge in [-0.25, -0.2) is 0 Å². The molecule has 0 bridgehead atoms. The smallest absolute Gasteiger partial charge is 0.255 e. The highest BCUT2D eigenvalue weighted by Crippen LogP contribution is 2.39. The Kier molecular flexibility index (Phi) is 9.32. The van der Waals surface area contributed by atoms with Gasteiger partial charge in [0, 0.05) is 13.1 Å². The molecule has 0 saturated heterocycles. The minimum absolute atomic E-state index is 0. The van der Waals surface area contributed by atoms with E-state index in [0.29, 0.717) is 29.4 Å². The number of hydrogen-bond donors (Lipinski definition) is 2. The Morgan fingerprint density at radius 1 is 1.05 bits per heavy atom. The standard InChI is InChI=1S/C14H22N2O4.ClH/c1-5-15-8-9-16-14(17)10-6-7-11(18-2)13(20-4)12(10)19-3;/h6-7,15H,5,8-9H2,1-4H3,(H,16,17);1H. The minimum atomic E-state index is -0.208. The molecule has 6 nitrogen and oxygen atoms in total. The van der Waals surface area contributed by atoms with E-state index in [9.17, 15) is 4.79 Å². The molecule has 0 aliphatic carbocycles. The Morgan fingerprint density at radius 2 is 1.71 bits per heavy atom. The van der Waals surface area contributed by atoms with Crippen LogP contribution in [0, 0.1) is 0 Å². The van der Waals surface area contributed by atoms with E-state index in [0.717, 1.165) is 13.1 Å². The maximum Gasteiger partial charge on any atom is 0.255 e. The predicted octanol–water partition coefficient (Wildman–Crippen LogP) is 1.47. The molecule has 0 aliphatic rings. The van der Waals surface area contributed by atoms with E-state index in [2.05, 4.69) is 10.6 Å². The Labute approximate surface area is 131 Å². The van der Waals surface area contributed by atoms with Crippen molar-refractivity contribution in [3.63, 3.8) is 0 Å². The minimum Gasteiger partial charge on any atom is -0.493 e. The third kappa shape index (κ3) is 4.99. The van der Waals surface area contributed by atoms with Crippen LogP contribution in [-0.2, 0) is 0 Å². The van der Waals surface area contributed by atoms with Crippen molar-refractivity contribution >= 4 is 18.3 Å². The van der Waals surface area contributed by atoms with Gasteiger partial charge in [0.2, 0.25) is 5.75 Å². The fourth-order valence-corrected chi connectivity index (χ4v) is 1.82. The zero-order valence-electron chi connectivity index (χ0n) is 12.8. The summed E-state index contributed by atoms with van der Waals surface area (Å²) < 4.78 is 15.7. The van der Waals surface area contributed by atoms with Crippen LogP contribution in [-0.4, -0.2) is 46.9 Å². The molecular weight excluding hydrogens is 296 g/mol. The van der Waals surface area contributed by atoms with E-state index in [1.54, 1.807) is 12.1 Å². The predicted molar refractivity (Wildman–Crippen MR) is 84.2 cm³/mol. The highest BCUT2D eigenvalue weighted by molar-refractivity contribution is 5.98. The molecule has 0 atom stereocenters. The Bertz CT molecular complexity index is 455. The molecule has 0 saturated carbocycles. The molecule has 2 N–H and O–H groups in total. The Morgan fingerprint density at radius 3 is 2.24 bits per heavy atom. The lowest BCUT2D eigenvalue weighted by Gasteiger charge is -2.15. The van der Waals surface area contributed by atoms with Crippen LogP contribution >= 0.6 is 12.4 Å². The first-order chi connectivity index (χ1) is 9.69. The van der Waals surface area contributed by atoms with Crippen molar-refractivity contribution in [2.75, 3.05) is 41.0 Å². The largest absolute Gasteiger partial charge is 0.493 e. The van der Waals surface area contributed by atoms with E-state index in [1.807, 2.05) is 6.92 Å². The molecule has 1 rings (SSSR count). The van der Waals surface area contributed by atoms with Gasteiger partial charge in [-0.2, -0.15) is 0 Å². The number of hydrogen-bond acceptors (Lipinski definition) is 5. The van der Waals surface area contributed by atoms with Gasteiger partial charge in [0.25, 0.3) is 5.91 Å². The fourth-order valence-electron chi connectivity index (χ4n) is 1.82. The lowest BCUT2D eigenvalue weighted by molar-refractivity contribution is 0.0950. The van der Waals surface area contributed by atoms with Gasteiger partial charge in [0.05, 0.1) is 26.9 Å². The number of carbonyl (C=O) groups is 1. The summed E-state index contributed by atoms with van der Waals surface area (Å²) in [5.74, 6) is 1.09. The normalized spacial score (nSPS) is 9.52. The molecule has 0 unspecified atom stereocenters. The molecule has 120 valence electrons.